The maximum Gasteiger partial charge on any atom is 0.231 e. The number of halogens is 1. The molecule has 0 atom stereocenters. The average Bonchev–Trinajstić information content (AvgIpc) is 2.64. The van der Waals surface area contributed by atoms with Crippen LogP contribution in [-0.2, 0) is 4.74 Å². The van der Waals surface area contributed by atoms with Crippen molar-refractivity contribution in [1.29, 1.82) is 0 Å². The molecule has 132 valence electrons. The minimum atomic E-state index is 0.284. The van der Waals surface area contributed by atoms with Gasteiger partial charge in [0.25, 0.3) is 0 Å². The molecule has 3 nitrogen and oxygen atoms in total. The van der Waals surface area contributed by atoms with E-state index in [0.29, 0.717) is 10.9 Å². The van der Waals surface area contributed by atoms with Gasteiger partial charge in [0.05, 0.1) is 11.4 Å². The van der Waals surface area contributed by atoms with Crippen molar-refractivity contribution in [2.45, 2.75) is 52.1 Å². The predicted molar refractivity (Wildman–Crippen MR) is 105 cm³/mol. The molecule has 0 spiro atoms. The van der Waals surface area contributed by atoms with Crippen LogP contribution in [0.3, 0.4) is 0 Å². The molecule has 1 aromatic carbocycles. The summed E-state index contributed by atoms with van der Waals surface area (Å²) in [5, 5.41) is 7.42. The molecule has 0 unspecified atom stereocenters. The number of nitrogens with zero attached hydrogens (tertiary/aromatic N) is 2. The van der Waals surface area contributed by atoms with Gasteiger partial charge in [-0.1, -0.05) is 42.3 Å². The smallest absolute Gasteiger partial charge is 0.231 e. The van der Waals surface area contributed by atoms with Gasteiger partial charge in [-0.2, -0.15) is 0 Å². The minimum absolute atomic E-state index is 0.284. The van der Waals surface area contributed by atoms with E-state index in [4.69, 9.17) is 21.4 Å². The van der Waals surface area contributed by atoms with Crippen LogP contribution in [0.5, 0.6) is 0 Å². The van der Waals surface area contributed by atoms with Crippen molar-refractivity contribution >= 4 is 23.2 Å². The van der Waals surface area contributed by atoms with Gasteiger partial charge in [0.1, 0.15) is 6.10 Å². The first-order valence-electron chi connectivity index (χ1n) is 9.03. The highest BCUT2D eigenvalue weighted by Crippen LogP contribution is 2.29. The number of allylic oxidation sites excluding steroid dienone is 3. The van der Waals surface area contributed by atoms with Crippen LogP contribution < -0.4 is 0 Å². The molecule has 0 aromatic heterocycles. The Morgan fingerprint density at radius 3 is 2.68 bits per heavy atom. The van der Waals surface area contributed by atoms with Gasteiger partial charge in [0.15, 0.2) is 0 Å². The molecule has 0 bridgehead atoms. The third-order valence-corrected chi connectivity index (χ3v) is 4.83. The van der Waals surface area contributed by atoms with Gasteiger partial charge in [0.2, 0.25) is 5.90 Å². The largest absolute Gasteiger partial charge is 0.473 e. The Kier molecular flexibility index (Phi) is 5.98. The van der Waals surface area contributed by atoms with Crippen LogP contribution in [0.25, 0.3) is 5.70 Å². The summed E-state index contributed by atoms with van der Waals surface area (Å²) >= 11 is 6.18. The summed E-state index contributed by atoms with van der Waals surface area (Å²) in [5.41, 5.74) is 3.04. The van der Waals surface area contributed by atoms with E-state index in [1.807, 2.05) is 55.3 Å². The summed E-state index contributed by atoms with van der Waals surface area (Å²) in [7, 11) is 0. The van der Waals surface area contributed by atoms with Gasteiger partial charge < -0.3 is 4.74 Å². The first-order valence-corrected chi connectivity index (χ1v) is 9.41. The molecular formula is C21H25ClN2O. The molecule has 1 aliphatic heterocycles. The monoisotopic (exact) mass is 356 g/mol. The van der Waals surface area contributed by atoms with Gasteiger partial charge in [-0.3, -0.25) is 0 Å². The van der Waals surface area contributed by atoms with Crippen LogP contribution in [0.15, 0.2) is 59.4 Å². The molecule has 1 fully saturated rings. The zero-order valence-electron chi connectivity index (χ0n) is 14.9. The summed E-state index contributed by atoms with van der Waals surface area (Å²) in [4.78, 5) is 0. The van der Waals surface area contributed by atoms with Crippen molar-refractivity contribution in [3.8, 4) is 0 Å². The van der Waals surface area contributed by atoms with E-state index in [2.05, 4.69) is 12.2 Å². The molecule has 4 heteroatoms. The van der Waals surface area contributed by atoms with Crippen LogP contribution in [0.1, 0.15) is 51.5 Å². The Morgan fingerprint density at radius 2 is 2.00 bits per heavy atom. The number of hydrazone groups is 1. The van der Waals surface area contributed by atoms with Crippen LogP contribution in [0.2, 0.25) is 5.02 Å². The van der Waals surface area contributed by atoms with E-state index < -0.39 is 0 Å². The number of rotatable bonds is 3. The Labute approximate surface area is 155 Å². The van der Waals surface area contributed by atoms with Gasteiger partial charge in [-0.15, -0.1) is 5.10 Å². The average molecular weight is 357 g/mol. The van der Waals surface area contributed by atoms with Gasteiger partial charge >= 0.3 is 0 Å². The second-order valence-electron chi connectivity index (χ2n) is 6.36. The van der Waals surface area contributed by atoms with Crippen LogP contribution in [0, 0.1) is 0 Å². The molecular weight excluding hydrogens is 332 g/mol. The molecule has 0 N–H and O–H groups in total. The highest BCUT2D eigenvalue weighted by molar-refractivity contribution is 6.30. The quantitative estimate of drug-likeness (QED) is 0.649. The number of hydrogen-bond donors (Lipinski definition) is 0. The summed E-state index contributed by atoms with van der Waals surface area (Å²) in [6, 6.07) is 7.84. The Bertz CT molecular complexity index is 727. The maximum absolute atomic E-state index is 6.18. The lowest BCUT2D eigenvalue weighted by Crippen LogP contribution is -2.25. The van der Waals surface area contributed by atoms with E-state index in [9.17, 15) is 0 Å². The lowest BCUT2D eigenvalue weighted by atomic mass is 9.98. The van der Waals surface area contributed by atoms with Crippen molar-refractivity contribution < 1.29 is 4.74 Å². The van der Waals surface area contributed by atoms with Crippen molar-refractivity contribution in [1.82, 2.24) is 5.01 Å². The first kappa shape index (κ1) is 17.8. The van der Waals surface area contributed by atoms with Gasteiger partial charge in [0, 0.05) is 16.7 Å². The predicted octanol–water partition coefficient (Wildman–Crippen LogP) is 6.14. The summed E-state index contributed by atoms with van der Waals surface area (Å²) in [6.07, 6.45) is 14.4. The molecule has 1 heterocycles. The SMILES string of the molecule is CC=C1C=CC(OC2CCCCC2)=NN1/C(=C\C)c1cccc(Cl)c1. The van der Waals surface area contributed by atoms with E-state index in [-0.39, 0.29) is 6.10 Å². The zero-order chi connectivity index (χ0) is 17.6. The number of ether oxygens (including phenoxy) is 1. The first-order chi connectivity index (χ1) is 12.2. The lowest BCUT2D eigenvalue weighted by molar-refractivity contribution is 0.141. The van der Waals surface area contributed by atoms with Crippen molar-refractivity contribution in [2.24, 2.45) is 5.10 Å². The van der Waals surface area contributed by atoms with Crippen molar-refractivity contribution in [3.63, 3.8) is 0 Å². The van der Waals surface area contributed by atoms with Crippen LogP contribution >= 0.6 is 11.6 Å². The standard InChI is InChI=1S/C21H25ClN2O/c1-3-18-13-14-21(25-19-11-6-5-7-12-19)23-24(18)20(4-2)16-9-8-10-17(22)15-16/h3-4,8-10,13-15,19H,5-7,11-12H2,1-2H3/b18-3?,20-4-. The molecule has 0 amide bonds. The molecule has 1 aromatic rings. The minimum Gasteiger partial charge on any atom is -0.473 e. The summed E-state index contributed by atoms with van der Waals surface area (Å²) < 4.78 is 6.15. The van der Waals surface area contributed by atoms with E-state index in [0.717, 1.165) is 29.8 Å². The summed E-state index contributed by atoms with van der Waals surface area (Å²) in [6.45, 7) is 4.03. The third kappa shape index (κ3) is 4.35. The Balaban J connectivity index is 1.86. The fraction of sp³-hybridized carbons (Fsp3) is 0.381. The molecule has 0 saturated heterocycles. The summed E-state index contributed by atoms with van der Waals surface area (Å²) in [5.74, 6) is 0.680. The zero-order valence-corrected chi connectivity index (χ0v) is 15.7. The normalized spacial score (nSPS) is 20.8. The lowest BCUT2D eigenvalue weighted by Gasteiger charge is -2.29. The second kappa shape index (κ2) is 8.39. The molecule has 2 aliphatic rings. The van der Waals surface area contributed by atoms with E-state index in [1.54, 1.807) is 0 Å². The molecule has 3 rings (SSSR count). The highest BCUT2D eigenvalue weighted by Gasteiger charge is 2.21. The molecule has 0 radical (unpaired) electrons. The number of hydrogen-bond acceptors (Lipinski definition) is 3. The second-order valence-corrected chi connectivity index (χ2v) is 6.80. The Morgan fingerprint density at radius 1 is 1.20 bits per heavy atom. The van der Waals surface area contributed by atoms with Crippen LogP contribution in [-0.4, -0.2) is 17.0 Å². The number of benzene rings is 1. The highest BCUT2D eigenvalue weighted by atomic mass is 35.5. The van der Waals surface area contributed by atoms with E-state index in [1.165, 1.54) is 19.3 Å². The van der Waals surface area contributed by atoms with Crippen molar-refractivity contribution in [3.05, 3.63) is 64.9 Å². The fourth-order valence-electron chi connectivity index (χ4n) is 3.30. The fourth-order valence-corrected chi connectivity index (χ4v) is 3.49. The van der Waals surface area contributed by atoms with Crippen molar-refractivity contribution in [2.75, 3.05) is 0 Å². The molecule has 25 heavy (non-hydrogen) atoms. The van der Waals surface area contributed by atoms with E-state index >= 15 is 0 Å². The molecule has 1 aliphatic carbocycles. The van der Waals surface area contributed by atoms with Gasteiger partial charge in [-0.05, 0) is 57.7 Å². The molecule has 1 saturated carbocycles. The third-order valence-electron chi connectivity index (χ3n) is 4.60. The van der Waals surface area contributed by atoms with Crippen LogP contribution in [0.4, 0.5) is 0 Å². The van der Waals surface area contributed by atoms with Gasteiger partial charge in [-0.25, -0.2) is 5.01 Å². The topological polar surface area (TPSA) is 24.8 Å². The Hall–Kier alpha value is -2.00. The maximum atomic E-state index is 6.18.